The van der Waals surface area contributed by atoms with Gasteiger partial charge in [-0.2, -0.15) is 8.78 Å². The Kier molecular flexibility index (Phi) is 5.49. The number of hydrogen-bond acceptors (Lipinski definition) is 5. The third-order valence-corrected chi connectivity index (χ3v) is 3.57. The van der Waals surface area contributed by atoms with Gasteiger partial charge in [-0.25, -0.2) is 9.59 Å². The fraction of sp³-hybridized carbons (Fsp3) is 0.467. The van der Waals surface area contributed by atoms with Crippen LogP contribution >= 0.6 is 0 Å². The fourth-order valence-electron chi connectivity index (χ4n) is 2.42. The van der Waals surface area contributed by atoms with E-state index in [0.717, 1.165) is 17.6 Å². The SMILES string of the molecule is COC(=O)[C@]1(OC(F)F)CCN(C(=O)OCc2ccccc2)C1. The number of rotatable bonds is 5. The minimum Gasteiger partial charge on any atom is -0.467 e. The quantitative estimate of drug-likeness (QED) is 0.775. The predicted octanol–water partition coefficient (Wildman–Crippen LogP) is 2.18. The number of nitrogens with zero attached hydrogens (tertiary/aromatic N) is 1. The van der Waals surface area contributed by atoms with Gasteiger partial charge in [0.2, 0.25) is 0 Å². The number of halogens is 2. The highest BCUT2D eigenvalue weighted by atomic mass is 19.3. The van der Waals surface area contributed by atoms with Crippen LogP contribution in [0.3, 0.4) is 0 Å². The summed E-state index contributed by atoms with van der Waals surface area (Å²) in [6.07, 6.45) is -0.776. The maximum atomic E-state index is 12.6. The maximum absolute atomic E-state index is 12.6. The molecule has 0 N–H and O–H groups in total. The van der Waals surface area contributed by atoms with Crippen LogP contribution in [0.5, 0.6) is 0 Å². The molecule has 1 amide bonds. The molecule has 0 spiro atoms. The zero-order valence-electron chi connectivity index (χ0n) is 12.5. The number of alkyl halides is 2. The Labute approximate surface area is 131 Å². The number of likely N-dealkylation sites (tertiary alicyclic amines) is 1. The van der Waals surface area contributed by atoms with E-state index in [1.54, 1.807) is 24.3 Å². The standard InChI is InChI=1S/C15H17F2NO5/c1-21-12(19)15(23-13(16)17)7-8-18(10-15)14(20)22-9-11-5-3-2-4-6-11/h2-6,13H,7-10H2,1H3/t15-/m0/s1. The summed E-state index contributed by atoms with van der Waals surface area (Å²) in [6.45, 7) is -3.36. The van der Waals surface area contributed by atoms with Gasteiger partial charge >= 0.3 is 18.7 Å². The minimum absolute atomic E-state index is 0.0527. The highest BCUT2D eigenvalue weighted by Crippen LogP contribution is 2.29. The van der Waals surface area contributed by atoms with Gasteiger partial charge in [0.15, 0.2) is 5.60 Å². The van der Waals surface area contributed by atoms with Crippen molar-refractivity contribution in [2.24, 2.45) is 0 Å². The predicted molar refractivity (Wildman–Crippen MR) is 74.7 cm³/mol. The molecule has 1 aliphatic rings. The van der Waals surface area contributed by atoms with Crippen molar-refractivity contribution >= 4 is 12.1 Å². The number of carbonyl (C=O) groups excluding carboxylic acids is 2. The molecule has 1 atom stereocenters. The molecule has 8 heteroatoms. The Balaban J connectivity index is 1.96. The molecule has 6 nitrogen and oxygen atoms in total. The van der Waals surface area contributed by atoms with Gasteiger partial charge in [-0.05, 0) is 5.56 Å². The third kappa shape index (κ3) is 4.16. The molecular weight excluding hydrogens is 312 g/mol. The first-order valence-corrected chi connectivity index (χ1v) is 6.97. The second-order valence-corrected chi connectivity index (χ2v) is 5.08. The molecule has 0 radical (unpaired) electrons. The molecule has 0 bridgehead atoms. The van der Waals surface area contributed by atoms with Crippen LogP contribution in [-0.4, -0.2) is 49.4 Å². The van der Waals surface area contributed by atoms with Gasteiger partial charge in [-0.3, -0.25) is 0 Å². The number of carbonyl (C=O) groups is 2. The van der Waals surface area contributed by atoms with E-state index in [1.807, 2.05) is 6.07 Å². The van der Waals surface area contributed by atoms with E-state index in [2.05, 4.69) is 9.47 Å². The molecule has 1 aromatic rings. The van der Waals surface area contributed by atoms with Gasteiger partial charge < -0.3 is 19.1 Å². The minimum atomic E-state index is -3.14. The molecule has 1 aliphatic heterocycles. The Bertz CT molecular complexity index is 554. The smallest absolute Gasteiger partial charge is 0.410 e. The van der Waals surface area contributed by atoms with Gasteiger partial charge in [0.25, 0.3) is 0 Å². The van der Waals surface area contributed by atoms with Gasteiger partial charge in [-0.1, -0.05) is 30.3 Å². The van der Waals surface area contributed by atoms with E-state index in [0.29, 0.717) is 0 Å². The van der Waals surface area contributed by atoms with E-state index in [9.17, 15) is 18.4 Å². The first kappa shape index (κ1) is 17.1. The summed E-state index contributed by atoms with van der Waals surface area (Å²) in [5.74, 6) is -0.934. The molecule has 0 unspecified atom stereocenters. The maximum Gasteiger partial charge on any atom is 0.410 e. The summed E-state index contributed by atoms with van der Waals surface area (Å²) in [5, 5.41) is 0. The van der Waals surface area contributed by atoms with E-state index >= 15 is 0 Å². The van der Waals surface area contributed by atoms with Crippen LogP contribution in [0.2, 0.25) is 0 Å². The topological polar surface area (TPSA) is 65.1 Å². The van der Waals surface area contributed by atoms with Crippen LogP contribution in [0.1, 0.15) is 12.0 Å². The summed E-state index contributed by atoms with van der Waals surface area (Å²) in [7, 11) is 1.08. The summed E-state index contributed by atoms with van der Waals surface area (Å²) >= 11 is 0. The lowest BCUT2D eigenvalue weighted by Gasteiger charge is -2.25. The molecule has 0 aliphatic carbocycles. The second-order valence-electron chi connectivity index (χ2n) is 5.08. The normalized spacial score (nSPS) is 20.6. The van der Waals surface area contributed by atoms with Gasteiger partial charge in [0.1, 0.15) is 6.61 Å². The average Bonchev–Trinajstić information content (AvgIpc) is 2.97. The summed E-state index contributed by atoms with van der Waals surface area (Å²) < 4.78 is 39.2. The molecule has 1 saturated heterocycles. The highest BCUT2D eigenvalue weighted by Gasteiger charge is 2.50. The largest absolute Gasteiger partial charge is 0.467 e. The van der Waals surface area contributed by atoms with Crippen molar-refractivity contribution in [1.29, 1.82) is 0 Å². The van der Waals surface area contributed by atoms with Crippen molar-refractivity contribution in [2.75, 3.05) is 20.2 Å². The Morgan fingerprint density at radius 3 is 2.61 bits per heavy atom. The van der Waals surface area contributed by atoms with Crippen molar-refractivity contribution in [1.82, 2.24) is 4.90 Å². The van der Waals surface area contributed by atoms with E-state index in [-0.39, 0.29) is 26.1 Å². The van der Waals surface area contributed by atoms with Gasteiger partial charge in [-0.15, -0.1) is 0 Å². The number of esters is 1. The molecular formula is C15H17F2NO5. The van der Waals surface area contributed by atoms with E-state index in [1.165, 1.54) is 0 Å². The molecule has 23 heavy (non-hydrogen) atoms. The Morgan fingerprint density at radius 2 is 2.00 bits per heavy atom. The Morgan fingerprint density at radius 1 is 1.30 bits per heavy atom. The van der Waals surface area contributed by atoms with Crippen LogP contribution in [0.15, 0.2) is 30.3 Å². The molecule has 1 heterocycles. The van der Waals surface area contributed by atoms with Gasteiger partial charge in [0.05, 0.1) is 13.7 Å². The number of hydrogen-bond donors (Lipinski definition) is 0. The monoisotopic (exact) mass is 329 g/mol. The second kappa shape index (κ2) is 7.36. The molecule has 0 aromatic heterocycles. The highest BCUT2D eigenvalue weighted by molar-refractivity contribution is 5.82. The van der Waals surface area contributed by atoms with Gasteiger partial charge in [0, 0.05) is 13.0 Å². The number of amides is 1. The number of ether oxygens (including phenoxy) is 3. The van der Waals surface area contributed by atoms with Crippen molar-refractivity contribution in [2.45, 2.75) is 25.2 Å². The van der Waals surface area contributed by atoms with Crippen LogP contribution in [0, 0.1) is 0 Å². The first-order valence-electron chi connectivity index (χ1n) is 6.97. The molecule has 2 rings (SSSR count). The molecule has 1 fully saturated rings. The van der Waals surface area contributed by atoms with Crippen LogP contribution in [0.4, 0.5) is 13.6 Å². The zero-order chi connectivity index (χ0) is 16.9. The number of methoxy groups -OCH3 is 1. The fourth-order valence-corrected chi connectivity index (χ4v) is 2.42. The summed E-state index contributed by atoms with van der Waals surface area (Å²) in [6, 6.07) is 9.01. The van der Waals surface area contributed by atoms with E-state index in [4.69, 9.17) is 4.74 Å². The van der Waals surface area contributed by atoms with Crippen LogP contribution < -0.4 is 0 Å². The molecule has 126 valence electrons. The summed E-state index contributed by atoms with van der Waals surface area (Å²) in [5.41, 5.74) is -1.06. The zero-order valence-corrected chi connectivity index (χ0v) is 12.5. The Hall–Kier alpha value is -2.22. The molecule has 0 saturated carbocycles. The average molecular weight is 329 g/mol. The molecule has 1 aromatic carbocycles. The summed E-state index contributed by atoms with van der Waals surface area (Å²) in [4.78, 5) is 24.9. The van der Waals surface area contributed by atoms with Crippen LogP contribution in [-0.2, 0) is 25.6 Å². The van der Waals surface area contributed by atoms with E-state index < -0.39 is 24.3 Å². The van der Waals surface area contributed by atoms with Crippen molar-refractivity contribution < 1.29 is 32.6 Å². The number of benzene rings is 1. The van der Waals surface area contributed by atoms with Crippen molar-refractivity contribution in [3.05, 3.63) is 35.9 Å². The van der Waals surface area contributed by atoms with Crippen molar-refractivity contribution in [3.63, 3.8) is 0 Å². The lowest BCUT2D eigenvalue weighted by Crippen LogP contribution is -2.47. The van der Waals surface area contributed by atoms with Crippen molar-refractivity contribution in [3.8, 4) is 0 Å². The lowest BCUT2D eigenvalue weighted by molar-refractivity contribution is -0.219. The van der Waals surface area contributed by atoms with Crippen LogP contribution in [0.25, 0.3) is 0 Å². The lowest BCUT2D eigenvalue weighted by atomic mass is 10.0. The third-order valence-electron chi connectivity index (χ3n) is 3.57. The first-order chi connectivity index (χ1) is 11.0.